The maximum atomic E-state index is 11.7. The maximum Gasteiger partial charge on any atom is 0.258 e. The van der Waals surface area contributed by atoms with Crippen molar-refractivity contribution in [1.82, 2.24) is 10.7 Å². The van der Waals surface area contributed by atoms with Crippen LogP contribution in [0.3, 0.4) is 0 Å². The molecule has 0 bridgehead atoms. The molecular formula is C18H21N3O4. The fraction of sp³-hybridized carbons (Fsp3) is 0.278. The number of carbonyl (C=O) groups is 2. The second-order valence-corrected chi connectivity index (χ2v) is 5.60. The SMILES string of the molecule is CC(C)C(=O)N/N=C/c1ccc(OCC(=O)NCc2ccco2)cc1. The number of amides is 2. The van der Waals surface area contributed by atoms with E-state index in [0.717, 1.165) is 5.56 Å². The van der Waals surface area contributed by atoms with Gasteiger partial charge in [-0.2, -0.15) is 5.10 Å². The van der Waals surface area contributed by atoms with Gasteiger partial charge >= 0.3 is 0 Å². The molecule has 0 saturated heterocycles. The third kappa shape index (κ3) is 6.50. The minimum Gasteiger partial charge on any atom is -0.484 e. The molecule has 0 atom stereocenters. The largest absolute Gasteiger partial charge is 0.484 e. The van der Waals surface area contributed by atoms with Crippen LogP contribution in [-0.4, -0.2) is 24.6 Å². The molecular weight excluding hydrogens is 322 g/mol. The standard InChI is InChI=1S/C18H21N3O4/c1-13(2)18(23)21-20-10-14-5-7-15(8-6-14)25-12-17(22)19-11-16-4-3-9-24-16/h3-10,13H,11-12H2,1-2H3,(H,19,22)(H,21,23)/b20-10+. The van der Waals surface area contributed by atoms with Crippen molar-refractivity contribution in [3.8, 4) is 5.75 Å². The number of nitrogens with zero attached hydrogens (tertiary/aromatic N) is 1. The first kappa shape index (κ1) is 18.3. The highest BCUT2D eigenvalue weighted by Crippen LogP contribution is 2.11. The Morgan fingerprint density at radius 3 is 2.64 bits per heavy atom. The molecule has 0 spiro atoms. The summed E-state index contributed by atoms with van der Waals surface area (Å²) in [5, 5.41) is 6.57. The minimum absolute atomic E-state index is 0.0847. The van der Waals surface area contributed by atoms with E-state index in [1.165, 1.54) is 0 Å². The molecule has 2 N–H and O–H groups in total. The van der Waals surface area contributed by atoms with Crippen molar-refractivity contribution in [2.24, 2.45) is 11.0 Å². The van der Waals surface area contributed by atoms with Crippen LogP contribution in [-0.2, 0) is 16.1 Å². The van der Waals surface area contributed by atoms with E-state index in [1.807, 2.05) is 0 Å². The highest BCUT2D eigenvalue weighted by atomic mass is 16.5. The molecule has 2 rings (SSSR count). The van der Waals surface area contributed by atoms with E-state index in [4.69, 9.17) is 9.15 Å². The Balaban J connectivity index is 1.73. The van der Waals surface area contributed by atoms with Crippen molar-refractivity contribution < 1.29 is 18.7 Å². The Morgan fingerprint density at radius 1 is 1.24 bits per heavy atom. The summed E-state index contributed by atoms with van der Waals surface area (Å²) in [6, 6.07) is 10.6. The number of nitrogens with one attached hydrogen (secondary N) is 2. The average molecular weight is 343 g/mol. The Labute approximate surface area is 146 Å². The molecule has 0 saturated carbocycles. The molecule has 2 aromatic rings. The van der Waals surface area contributed by atoms with Crippen LogP contribution in [0.25, 0.3) is 0 Å². The molecule has 2 amide bonds. The smallest absolute Gasteiger partial charge is 0.258 e. The lowest BCUT2D eigenvalue weighted by molar-refractivity contribution is -0.124. The molecule has 1 aromatic heterocycles. The molecule has 7 nitrogen and oxygen atoms in total. The van der Waals surface area contributed by atoms with Crippen molar-refractivity contribution >= 4 is 18.0 Å². The zero-order valence-electron chi connectivity index (χ0n) is 14.2. The Morgan fingerprint density at radius 2 is 2.00 bits per heavy atom. The van der Waals surface area contributed by atoms with Gasteiger partial charge < -0.3 is 14.5 Å². The third-order valence-electron chi connectivity index (χ3n) is 3.20. The van der Waals surface area contributed by atoms with Crippen molar-refractivity contribution in [3.63, 3.8) is 0 Å². The Hall–Kier alpha value is -3.09. The van der Waals surface area contributed by atoms with Crippen LogP contribution in [0.1, 0.15) is 25.2 Å². The Bertz CT molecular complexity index is 706. The number of rotatable bonds is 8. The summed E-state index contributed by atoms with van der Waals surface area (Å²) in [5.41, 5.74) is 3.25. The number of ether oxygens (including phenoxy) is 1. The Kier molecular flexibility index (Phi) is 6.76. The van der Waals surface area contributed by atoms with E-state index in [1.54, 1.807) is 62.7 Å². The van der Waals surface area contributed by atoms with Crippen LogP contribution in [0.4, 0.5) is 0 Å². The minimum atomic E-state index is -0.238. The zero-order chi connectivity index (χ0) is 18.1. The first-order valence-corrected chi connectivity index (χ1v) is 7.89. The van der Waals surface area contributed by atoms with Gasteiger partial charge in [0.2, 0.25) is 5.91 Å². The van der Waals surface area contributed by atoms with Gasteiger partial charge in [-0.05, 0) is 42.0 Å². The summed E-state index contributed by atoms with van der Waals surface area (Å²) in [7, 11) is 0. The lowest BCUT2D eigenvalue weighted by atomic mass is 10.2. The van der Waals surface area contributed by atoms with Gasteiger partial charge in [-0.3, -0.25) is 9.59 Å². The number of hydrogen-bond acceptors (Lipinski definition) is 5. The summed E-state index contributed by atoms with van der Waals surface area (Å²) < 4.78 is 10.5. The fourth-order valence-corrected chi connectivity index (χ4v) is 1.75. The van der Waals surface area contributed by atoms with E-state index in [2.05, 4.69) is 15.8 Å². The van der Waals surface area contributed by atoms with Gasteiger partial charge in [0.25, 0.3) is 5.91 Å². The first-order valence-electron chi connectivity index (χ1n) is 7.89. The third-order valence-corrected chi connectivity index (χ3v) is 3.20. The van der Waals surface area contributed by atoms with Crippen LogP contribution in [0.15, 0.2) is 52.2 Å². The molecule has 25 heavy (non-hydrogen) atoms. The topological polar surface area (TPSA) is 92.9 Å². The van der Waals surface area contributed by atoms with Crippen molar-refractivity contribution in [2.75, 3.05) is 6.61 Å². The fourth-order valence-electron chi connectivity index (χ4n) is 1.75. The lowest BCUT2D eigenvalue weighted by Crippen LogP contribution is -2.28. The van der Waals surface area contributed by atoms with Crippen LogP contribution < -0.4 is 15.5 Å². The van der Waals surface area contributed by atoms with Gasteiger partial charge in [0, 0.05) is 5.92 Å². The van der Waals surface area contributed by atoms with Gasteiger partial charge in [0.1, 0.15) is 11.5 Å². The predicted molar refractivity (Wildman–Crippen MR) is 93.1 cm³/mol. The zero-order valence-corrected chi connectivity index (χ0v) is 14.2. The summed E-state index contributed by atoms with van der Waals surface area (Å²) in [5.74, 6) is 0.750. The van der Waals surface area contributed by atoms with Crippen LogP contribution in [0.2, 0.25) is 0 Å². The van der Waals surface area contributed by atoms with E-state index in [-0.39, 0.29) is 24.3 Å². The summed E-state index contributed by atoms with van der Waals surface area (Å²) in [4.78, 5) is 23.1. The van der Waals surface area contributed by atoms with Crippen LogP contribution in [0, 0.1) is 5.92 Å². The first-order chi connectivity index (χ1) is 12.0. The second kappa shape index (κ2) is 9.27. The van der Waals surface area contributed by atoms with Gasteiger partial charge in [-0.1, -0.05) is 13.8 Å². The molecule has 0 radical (unpaired) electrons. The van der Waals surface area contributed by atoms with Crippen LogP contribution >= 0.6 is 0 Å². The predicted octanol–water partition coefficient (Wildman–Crippen LogP) is 2.08. The monoisotopic (exact) mass is 343 g/mol. The normalized spacial score (nSPS) is 10.8. The second-order valence-electron chi connectivity index (χ2n) is 5.60. The van der Waals surface area contributed by atoms with Gasteiger partial charge in [0.15, 0.2) is 6.61 Å². The van der Waals surface area contributed by atoms with Gasteiger partial charge in [0.05, 0.1) is 19.0 Å². The van der Waals surface area contributed by atoms with Crippen molar-refractivity contribution in [3.05, 3.63) is 54.0 Å². The van der Waals surface area contributed by atoms with Gasteiger partial charge in [-0.15, -0.1) is 0 Å². The van der Waals surface area contributed by atoms with E-state index in [9.17, 15) is 9.59 Å². The molecule has 0 unspecified atom stereocenters. The number of carbonyl (C=O) groups excluding carboxylic acids is 2. The number of furan rings is 1. The molecule has 7 heteroatoms. The molecule has 0 fully saturated rings. The summed E-state index contributed by atoms with van der Waals surface area (Å²) in [6.45, 7) is 3.83. The molecule has 1 aromatic carbocycles. The maximum absolute atomic E-state index is 11.7. The molecule has 0 aliphatic heterocycles. The lowest BCUT2D eigenvalue weighted by Gasteiger charge is -2.07. The number of hydrogen-bond donors (Lipinski definition) is 2. The van der Waals surface area contributed by atoms with Gasteiger partial charge in [-0.25, -0.2) is 5.43 Å². The molecule has 0 aliphatic rings. The summed E-state index contributed by atoms with van der Waals surface area (Å²) >= 11 is 0. The highest BCUT2D eigenvalue weighted by molar-refractivity contribution is 5.83. The quantitative estimate of drug-likeness (QED) is 0.567. The highest BCUT2D eigenvalue weighted by Gasteiger charge is 2.05. The molecule has 1 heterocycles. The number of hydrazone groups is 1. The van der Waals surface area contributed by atoms with Crippen molar-refractivity contribution in [1.29, 1.82) is 0 Å². The van der Waals surface area contributed by atoms with E-state index in [0.29, 0.717) is 18.1 Å². The molecule has 0 aliphatic carbocycles. The summed E-state index contributed by atoms with van der Waals surface area (Å²) in [6.07, 6.45) is 3.09. The van der Waals surface area contributed by atoms with Crippen molar-refractivity contribution in [2.45, 2.75) is 20.4 Å². The van der Waals surface area contributed by atoms with Crippen LogP contribution in [0.5, 0.6) is 5.75 Å². The average Bonchev–Trinajstić information content (AvgIpc) is 3.12. The van der Waals surface area contributed by atoms with E-state index >= 15 is 0 Å². The van der Waals surface area contributed by atoms with E-state index < -0.39 is 0 Å². The number of benzene rings is 1. The molecule has 132 valence electrons.